The highest BCUT2D eigenvalue weighted by atomic mass is 79.9. The first-order valence-corrected chi connectivity index (χ1v) is 9.87. The van der Waals surface area contributed by atoms with E-state index in [2.05, 4.69) is 36.8 Å². The fourth-order valence-electron chi connectivity index (χ4n) is 2.54. The summed E-state index contributed by atoms with van der Waals surface area (Å²) in [5, 5.41) is 14.3. The first-order chi connectivity index (χ1) is 12.7. The lowest BCUT2D eigenvalue weighted by Crippen LogP contribution is -2.29. The van der Waals surface area contributed by atoms with E-state index in [1.165, 1.54) is 0 Å². The lowest BCUT2D eigenvalue weighted by Gasteiger charge is -2.08. The molecule has 2 amide bonds. The minimum Gasteiger partial charge on any atom is -0.350 e. The molecule has 148 valence electrons. The second-order valence-electron chi connectivity index (χ2n) is 6.86. The predicted molar refractivity (Wildman–Crippen MR) is 108 cm³/mol. The molecular formula is C18H27BrN6O2. The zero-order valence-corrected chi connectivity index (χ0v) is 18.1. The van der Waals surface area contributed by atoms with Crippen molar-refractivity contribution in [3.63, 3.8) is 0 Å². The Hall–Kier alpha value is -2.16. The van der Waals surface area contributed by atoms with Crippen LogP contribution in [0.2, 0.25) is 0 Å². The standard InChI is InChI=1S/C18H27BrN6O2/c1-6-24-10-14(17(23-24)18(27)20-9-11(2)3)21-15(26)7-8-25-13(5)16(19)12(4)22-25/h10-11H,6-9H2,1-5H3,(H,20,27)(H,21,26). The molecular weight excluding hydrogens is 412 g/mol. The quantitative estimate of drug-likeness (QED) is 0.662. The number of aromatic nitrogens is 4. The van der Waals surface area contributed by atoms with Gasteiger partial charge in [-0.15, -0.1) is 0 Å². The fourth-order valence-corrected chi connectivity index (χ4v) is 2.82. The number of aryl methyl sites for hydroxylation is 3. The van der Waals surface area contributed by atoms with Gasteiger partial charge in [0.1, 0.15) is 0 Å². The van der Waals surface area contributed by atoms with Gasteiger partial charge in [-0.25, -0.2) is 0 Å². The molecule has 0 fully saturated rings. The molecule has 2 N–H and O–H groups in total. The maximum Gasteiger partial charge on any atom is 0.273 e. The molecule has 9 heteroatoms. The van der Waals surface area contributed by atoms with Gasteiger partial charge in [0.05, 0.1) is 22.4 Å². The van der Waals surface area contributed by atoms with E-state index < -0.39 is 0 Å². The largest absolute Gasteiger partial charge is 0.350 e. The number of hydrogen-bond acceptors (Lipinski definition) is 4. The van der Waals surface area contributed by atoms with Gasteiger partial charge >= 0.3 is 0 Å². The first kappa shape index (κ1) is 21.1. The average Bonchev–Trinajstić information content (AvgIpc) is 3.14. The number of carbonyl (C=O) groups is 2. The number of nitrogens with one attached hydrogen (secondary N) is 2. The maximum atomic E-state index is 12.4. The van der Waals surface area contributed by atoms with Crippen molar-refractivity contribution in [2.24, 2.45) is 5.92 Å². The SMILES string of the molecule is CCn1cc(NC(=O)CCn2nc(C)c(Br)c2C)c(C(=O)NCC(C)C)n1. The summed E-state index contributed by atoms with van der Waals surface area (Å²) in [6.45, 7) is 11.4. The second kappa shape index (κ2) is 9.16. The molecule has 0 aliphatic rings. The number of carbonyl (C=O) groups excluding carboxylic acids is 2. The van der Waals surface area contributed by atoms with Crippen LogP contribution in [0, 0.1) is 19.8 Å². The summed E-state index contributed by atoms with van der Waals surface area (Å²) < 4.78 is 4.39. The van der Waals surface area contributed by atoms with Crippen LogP contribution in [0.25, 0.3) is 0 Å². The van der Waals surface area contributed by atoms with Gasteiger partial charge in [0.15, 0.2) is 5.69 Å². The molecule has 0 saturated carbocycles. The van der Waals surface area contributed by atoms with Crippen molar-refractivity contribution in [1.29, 1.82) is 0 Å². The van der Waals surface area contributed by atoms with E-state index in [4.69, 9.17) is 0 Å². The van der Waals surface area contributed by atoms with Crippen molar-refractivity contribution < 1.29 is 9.59 Å². The third-order valence-corrected chi connectivity index (χ3v) is 5.24. The molecule has 0 spiro atoms. The summed E-state index contributed by atoms with van der Waals surface area (Å²) in [5.41, 5.74) is 2.53. The third-order valence-electron chi connectivity index (χ3n) is 4.09. The van der Waals surface area contributed by atoms with Crippen LogP contribution in [0.3, 0.4) is 0 Å². The lowest BCUT2D eigenvalue weighted by molar-refractivity contribution is -0.116. The van der Waals surface area contributed by atoms with E-state index in [1.54, 1.807) is 15.6 Å². The number of anilines is 1. The molecule has 0 saturated heterocycles. The molecule has 27 heavy (non-hydrogen) atoms. The monoisotopic (exact) mass is 438 g/mol. The van der Waals surface area contributed by atoms with Crippen LogP contribution in [0.4, 0.5) is 5.69 Å². The van der Waals surface area contributed by atoms with Crippen LogP contribution < -0.4 is 10.6 Å². The maximum absolute atomic E-state index is 12.4. The van der Waals surface area contributed by atoms with Crippen LogP contribution in [-0.4, -0.2) is 37.9 Å². The van der Waals surface area contributed by atoms with Gasteiger partial charge in [-0.2, -0.15) is 10.2 Å². The Morgan fingerprint density at radius 3 is 2.52 bits per heavy atom. The van der Waals surface area contributed by atoms with Gasteiger partial charge < -0.3 is 10.6 Å². The smallest absolute Gasteiger partial charge is 0.273 e. The van der Waals surface area contributed by atoms with Gasteiger partial charge in [-0.3, -0.25) is 19.0 Å². The van der Waals surface area contributed by atoms with Crippen LogP contribution in [0.15, 0.2) is 10.7 Å². The Bertz CT molecular complexity index is 824. The molecule has 0 bridgehead atoms. The molecule has 0 atom stereocenters. The fraction of sp³-hybridized carbons (Fsp3) is 0.556. The number of amides is 2. The van der Waals surface area contributed by atoms with E-state index in [9.17, 15) is 9.59 Å². The van der Waals surface area contributed by atoms with Gasteiger partial charge in [-0.1, -0.05) is 13.8 Å². The van der Waals surface area contributed by atoms with Gasteiger partial charge in [0.2, 0.25) is 5.91 Å². The summed E-state index contributed by atoms with van der Waals surface area (Å²) in [7, 11) is 0. The number of hydrogen-bond donors (Lipinski definition) is 2. The molecule has 2 heterocycles. The molecule has 2 aromatic rings. The minimum atomic E-state index is -0.284. The zero-order valence-electron chi connectivity index (χ0n) is 16.5. The summed E-state index contributed by atoms with van der Waals surface area (Å²) in [6, 6.07) is 0. The van der Waals surface area contributed by atoms with Crippen molar-refractivity contribution in [3.8, 4) is 0 Å². The van der Waals surface area contributed by atoms with Crippen molar-refractivity contribution >= 4 is 33.4 Å². The highest BCUT2D eigenvalue weighted by Crippen LogP contribution is 2.20. The topological polar surface area (TPSA) is 93.8 Å². The molecule has 8 nitrogen and oxygen atoms in total. The predicted octanol–water partition coefficient (Wildman–Crippen LogP) is 2.89. The van der Waals surface area contributed by atoms with E-state index in [-0.39, 0.29) is 23.9 Å². The lowest BCUT2D eigenvalue weighted by atomic mass is 10.2. The summed E-state index contributed by atoms with van der Waals surface area (Å²) in [5.74, 6) is -0.138. The zero-order chi connectivity index (χ0) is 20.1. The van der Waals surface area contributed by atoms with E-state index in [0.717, 1.165) is 15.9 Å². The Morgan fingerprint density at radius 1 is 1.26 bits per heavy atom. The summed E-state index contributed by atoms with van der Waals surface area (Å²) >= 11 is 3.48. The Morgan fingerprint density at radius 2 is 1.96 bits per heavy atom. The molecule has 0 aliphatic carbocycles. The van der Waals surface area contributed by atoms with Crippen molar-refractivity contribution in [1.82, 2.24) is 24.9 Å². The Kier molecular flexibility index (Phi) is 7.18. The Labute approximate surface area is 167 Å². The van der Waals surface area contributed by atoms with Crippen LogP contribution >= 0.6 is 15.9 Å². The average molecular weight is 439 g/mol. The second-order valence-corrected chi connectivity index (χ2v) is 7.65. The molecule has 0 aliphatic heterocycles. The van der Waals surface area contributed by atoms with Crippen LogP contribution in [0.5, 0.6) is 0 Å². The van der Waals surface area contributed by atoms with Gasteiger partial charge in [0, 0.05) is 31.4 Å². The Balaban J connectivity index is 2.04. The van der Waals surface area contributed by atoms with Crippen molar-refractivity contribution in [2.45, 2.75) is 54.1 Å². The van der Waals surface area contributed by atoms with Crippen molar-refractivity contribution in [2.75, 3.05) is 11.9 Å². The highest BCUT2D eigenvalue weighted by molar-refractivity contribution is 9.10. The molecule has 2 rings (SSSR count). The van der Waals surface area contributed by atoms with Gasteiger partial charge in [-0.05, 0) is 42.6 Å². The first-order valence-electron chi connectivity index (χ1n) is 9.07. The number of rotatable bonds is 8. The highest BCUT2D eigenvalue weighted by Gasteiger charge is 2.19. The third kappa shape index (κ3) is 5.41. The van der Waals surface area contributed by atoms with Crippen molar-refractivity contribution in [3.05, 3.63) is 27.8 Å². The summed E-state index contributed by atoms with van der Waals surface area (Å²) in [4.78, 5) is 24.8. The number of nitrogens with zero attached hydrogens (tertiary/aromatic N) is 4. The summed E-state index contributed by atoms with van der Waals surface area (Å²) in [6.07, 6.45) is 1.93. The van der Waals surface area contributed by atoms with Crippen LogP contribution in [0.1, 0.15) is 49.1 Å². The van der Waals surface area contributed by atoms with E-state index >= 15 is 0 Å². The normalized spacial score (nSPS) is 11.1. The minimum absolute atomic E-state index is 0.188. The van der Waals surface area contributed by atoms with E-state index in [1.807, 2.05) is 34.6 Å². The molecule has 0 unspecified atom stereocenters. The van der Waals surface area contributed by atoms with Gasteiger partial charge in [0.25, 0.3) is 5.91 Å². The molecule has 0 aromatic carbocycles. The molecule has 0 radical (unpaired) electrons. The molecule has 2 aromatic heterocycles. The number of halogens is 1. The van der Waals surface area contributed by atoms with Crippen LogP contribution in [-0.2, 0) is 17.9 Å². The van der Waals surface area contributed by atoms with E-state index in [0.29, 0.717) is 31.2 Å².